The molecule has 7 nitrogen and oxygen atoms in total. The predicted molar refractivity (Wildman–Crippen MR) is 109 cm³/mol. The first-order valence-electron chi connectivity index (χ1n) is 8.97. The highest BCUT2D eigenvalue weighted by Gasteiger charge is 2.24. The number of hydrogen-bond acceptors (Lipinski definition) is 5. The van der Waals surface area contributed by atoms with Crippen LogP contribution in [0, 0.1) is 17.7 Å². The number of halogens is 2. The summed E-state index contributed by atoms with van der Waals surface area (Å²) in [6, 6.07) is 2.69. The number of aromatic hydroxyl groups is 1. The van der Waals surface area contributed by atoms with Gasteiger partial charge in [0.2, 0.25) is 5.91 Å². The number of carbonyl (C=O) groups is 2. The molecule has 0 unspecified atom stereocenters. The first-order chi connectivity index (χ1) is 13.0. The van der Waals surface area contributed by atoms with Crippen LogP contribution in [0.5, 0.6) is 5.75 Å². The van der Waals surface area contributed by atoms with Crippen molar-refractivity contribution in [1.29, 1.82) is 0 Å². The van der Waals surface area contributed by atoms with E-state index in [1.807, 2.05) is 20.9 Å². The molecule has 0 aromatic heterocycles. The molecule has 1 aromatic rings. The van der Waals surface area contributed by atoms with Gasteiger partial charge in [-0.2, -0.15) is 5.10 Å². The number of carbonyl (C=O) groups excluding carboxylic acids is 1. The lowest BCUT2D eigenvalue weighted by Gasteiger charge is -2.27. The zero-order valence-corrected chi connectivity index (χ0v) is 18.1. The summed E-state index contributed by atoms with van der Waals surface area (Å²) in [4.78, 5) is 23.5. The molecule has 3 N–H and O–H groups in total. The average Bonchev–Trinajstić information content (AvgIpc) is 2.60. The summed E-state index contributed by atoms with van der Waals surface area (Å²) in [7, 11) is 2.03. The number of amides is 1. The van der Waals surface area contributed by atoms with Crippen molar-refractivity contribution in [2.45, 2.75) is 33.6 Å². The van der Waals surface area contributed by atoms with E-state index in [0.717, 1.165) is 32.9 Å². The summed E-state index contributed by atoms with van der Waals surface area (Å²) < 4.78 is 14.6. The van der Waals surface area contributed by atoms with Crippen molar-refractivity contribution in [2.24, 2.45) is 16.9 Å². The fourth-order valence-corrected chi connectivity index (χ4v) is 3.07. The highest BCUT2D eigenvalue weighted by molar-refractivity contribution is 9.10. The number of hydrogen-bond donors (Lipinski definition) is 3. The van der Waals surface area contributed by atoms with Crippen molar-refractivity contribution in [1.82, 2.24) is 10.3 Å². The van der Waals surface area contributed by atoms with Crippen molar-refractivity contribution >= 4 is 33.5 Å². The molecule has 1 heterocycles. The Balaban J connectivity index is 0.000000892. The van der Waals surface area contributed by atoms with E-state index in [0.29, 0.717) is 10.2 Å². The number of phenolic OH excluding ortho intramolecular Hbond substituents is 1. The standard InChI is InChI=1S/C17H23BrFN3O2.C2H4O2/c1-10(2)15(14-13(19)5-4-12(18)16(14)23)20-21-17(24)11-6-8-22(3)9-7-11;1-2(3)4/h4-5,10-11,23H,6-9H2,1-3H3,(H,21,24);1H3,(H,3,4). The minimum absolute atomic E-state index is 0.0167. The molecule has 1 saturated heterocycles. The lowest BCUT2D eigenvalue weighted by Crippen LogP contribution is -2.38. The van der Waals surface area contributed by atoms with Crippen LogP contribution in [0.3, 0.4) is 0 Å². The number of nitrogens with zero attached hydrogens (tertiary/aromatic N) is 2. The zero-order valence-electron chi connectivity index (χ0n) is 16.5. The van der Waals surface area contributed by atoms with Gasteiger partial charge in [-0.1, -0.05) is 13.8 Å². The minimum atomic E-state index is -0.833. The number of phenols is 1. The Hall–Kier alpha value is -2.00. The Morgan fingerprint density at radius 1 is 1.32 bits per heavy atom. The Labute approximate surface area is 172 Å². The number of rotatable bonds is 4. The van der Waals surface area contributed by atoms with E-state index >= 15 is 0 Å². The molecule has 1 amide bonds. The van der Waals surface area contributed by atoms with Crippen LogP contribution in [0.15, 0.2) is 21.7 Å². The lowest BCUT2D eigenvalue weighted by molar-refractivity contribution is -0.134. The second-order valence-corrected chi connectivity index (χ2v) is 7.83. The molecule has 156 valence electrons. The van der Waals surface area contributed by atoms with Gasteiger partial charge in [0.1, 0.15) is 11.6 Å². The van der Waals surface area contributed by atoms with Gasteiger partial charge in [-0.05, 0) is 67.0 Å². The van der Waals surface area contributed by atoms with Crippen LogP contribution < -0.4 is 5.43 Å². The molecule has 0 bridgehead atoms. The van der Waals surface area contributed by atoms with Gasteiger partial charge in [0.15, 0.2) is 0 Å². The average molecular weight is 460 g/mol. The van der Waals surface area contributed by atoms with Gasteiger partial charge in [-0.15, -0.1) is 0 Å². The summed E-state index contributed by atoms with van der Waals surface area (Å²) in [5.41, 5.74) is 2.89. The number of likely N-dealkylation sites (tertiary alicyclic amines) is 1. The van der Waals surface area contributed by atoms with Gasteiger partial charge < -0.3 is 15.1 Å². The van der Waals surface area contributed by atoms with E-state index < -0.39 is 11.8 Å². The Morgan fingerprint density at radius 2 is 1.86 bits per heavy atom. The normalized spacial score (nSPS) is 15.8. The molecule has 0 atom stereocenters. The van der Waals surface area contributed by atoms with Crippen LogP contribution in [0.2, 0.25) is 0 Å². The number of nitrogens with one attached hydrogen (secondary N) is 1. The third-order valence-corrected chi connectivity index (χ3v) is 4.90. The number of aliphatic carboxylic acids is 1. The van der Waals surface area contributed by atoms with E-state index in [1.165, 1.54) is 12.1 Å². The summed E-state index contributed by atoms with van der Waals surface area (Å²) >= 11 is 3.18. The maximum Gasteiger partial charge on any atom is 0.300 e. The minimum Gasteiger partial charge on any atom is -0.506 e. The van der Waals surface area contributed by atoms with E-state index in [-0.39, 0.29) is 29.1 Å². The van der Waals surface area contributed by atoms with Gasteiger partial charge in [-0.25, -0.2) is 9.82 Å². The van der Waals surface area contributed by atoms with Gasteiger partial charge >= 0.3 is 0 Å². The van der Waals surface area contributed by atoms with E-state index in [4.69, 9.17) is 9.90 Å². The lowest BCUT2D eigenvalue weighted by atomic mass is 9.96. The molecule has 1 aliphatic heterocycles. The summed E-state index contributed by atoms with van der Waals surface area (Å²) in [5.74, 6) is -2.03. The molecular weight excluding hydrogens is 433 g/mol. The second kappa shape index (κ2) is 11.1. The summed E-state index contributed by atoms with van der Waals surface area (Å²) in [6.45, 7) is 6.50. The Bertz CT molecular complexity index is 728. The monoisotopic (exact) mass is 459 g/mol. The number of hydrazone groups is 1. The van der Waals surface area contributed by atoms with E-state index in [1.54, 1.807) is 0 Å². The van der Waals surface area contributed by atoms with Crippen molar-refractivity contribution in [3.63, 3.8) is 0 Å². The molecule has 0 saturated carbocycles. The molecule has 1 aliphatic rings. The molecule has 1 aromatic carbocycles. The highest BCUT2D eigenvalue weighted by Crippen LogP contribution is 2.31. The molecule has 0 radical (unpaired) electrons. The smallest absolute Gasteiger partial charge is 0.300 e. The SMILES string of the molecule is CC(=O)O.CC(C)C(=NNC(=O)C1CCN(C)CC1)c1c(F)ccc(Br)c1O. The number of carboxylic acids is 1. The number of piperidine rings is 1. The fourth-order valence-electron chi connectivity index (χ4n) is 2.74. The van der Waals surface area contributed by atoms with Crippen LogP contribution in [-0.4, -0.2) is 52.8 Å². The second-order valence-electron chi connectivity index (χ2n) is 6.98. The fraction of sp³-hybridized carbons (Fsp3) is 0.526. The summed E-state index contributed by atoms with van der Waals surface area (Å²) in [5, 5.41) is 21.7. The molecule has 2 rings (SSSR count). The number of carboxylic acid groups (broad SMARTS) is 1. The van der Waals surface area contributed by atoms with Gasteiger partial charge in [0.25, 0.3) is 5.97 Å². The van der Waals surface area contributed by atoms with Crippen molar-refractivity contribution in [3.05, 3.63) is 28.0 Å². The highest BCUT2D eigenvalue weighted by atomic mass is 79.9. The maximum atomic E-state index is 14.2. The van der Waals surface area contributed by atoms with Crippen LogP contribution in [-0.2, 0) is 9.59 Å². The maximum absolute atomic E-state index is 14.2. The third kappa shape index (κ3) is 7.20. The van der Waals surface area contributed by atoms with Crippen LogP contribution in [0.25, 0.3) is 0 Å². The molecule has 0 aliphatic carbocycles. The quantitative estimate of drug-likeness (QED) is 0.473. The van der Waals surface area contributed by atoms with Gasteiger partial charge in [0, 0.05) is 12.8 Å². The van der Waals surface area contributed by atoms with Gasteiger partial charge in [-0.3, -0.25) is 9.59 Å². The molecule has 1 fully saturated rings. The first-order valence-corrected chi connectivity index (χ1v) is 9.76. The van der Waals surface area contributed by atoms with Gasteiger partial charge in [0.05, 0.1) is 15.7 Å². The van der Waals surface area contributed by atoms with Crippen molar-refractivity contribution < 1.29 is 24.2 Å². The van der Waals surface area contributed by atoms with Crippen LogP contribution in [0.4, 0.5) is 4.39 Å². The van der Waals surface area contributed by atoms with E-state index in [2.05, 4.69) is 31.4 Å². The Kier molecular flexibility index (Phi) is 9.54. The topological polar surface area (TPSA) is 102 Å². The Morgan fingerprint density at radius 3 is 2.36 bits per heavy atom. The third-order valence-electron chi connectivity index (χ3n) is 4.26. The molecular formula is C19H27BrFN3O4. The van der Waals surface area contributed by atoms with Crippen molar-refractivity contribution in [2.75, 3.05) is 20.1 Å². The summed E-state index contributed by atoms with van der Waals surface area (Å²) in [6.07, 6.45) is 1.57. The molecule has 9 heteroatoms. The molecule has 28 heavy (non-hydrogen) atoms. The predicted octanol–water partition coefficient (Wildman–Crippen LogP) is 3.20. The van der Waals surface area contributed by atoms with Crippen LogP contribution >= 0.6 is 15.9 Å². The van der Waals surface area contributed by atoms with E-state index in [9.17, 15) is 14.3 Å². The van der Waals surface area contributed by atoms with Crippen LogP contribution in [0.1, 0.15) is 39.2 Å². The molecule has 0 spiro atoms. The first kappa shape index (κ1) is 24.0. The largest absolute Gasteiger partial charge is 0.506 e. The zero-order chi connectivity index (χ0) is 21.4. The number of benzene rings is 1. The van der Waals surface area contributed by atoms with Crippen molar-refractivity contribution in [3.8, 4) is 5.75 Å².